The van der Waals surface area contributed by atoms with Crippen LogP contribution in [0.25, 0.3) is 0 Å². The lowest BCUT2D eigenvalue weighted by Crippen LogP contribution is -2.39. The van der Waals surface area contributed by atoms with Crippen LogP contribution >= 0.6 is 0 Å². The summed E-state index contributed by atoms with van der Waals surface area (Å²) >= 11 is 0. The Balaban J connectivity index is 1.48. The fourth-order valence-electron chi connectivity index (χ4n) is 3.01. The number of alkyl halides is 3. The summed E-state index contributed by atoms with van der Waals surface area (Å²) in [6.07, 6.45) is -1.26. The van der Waals surface area contributed by atoms with E-state index in [-0.39, 0.29) is 29.5 Å². The molecule has 0 aliphatic heterocycles. The van der Waals surface area contributed by atoms with Gasteiger partial charge in [-0.15, -0.1) is 0 Å². The SMILES string of the molecule is O=C(NC1CCC(Oc2ccc(C(F)(F)F)cn2)CC1)c1cccc(F)c1. The van der Waals surface area contributed by atoms with Gasteiger partial charge >= 0.3 is 6.18 Å². The predicted molar refractivity (Wildman–Crippen MR) is 89.8 cm³/mol. The number of ether oxygens (including phenoxy) is 1. The van der Waals surface area contributed by atoms with Crippen molar-refractivity contribution < 1.29 is 27.1 Å². The van der Waals surface area contributed by atoms with Gasteiger partial charge in [-0.2, -0.15) is 13.2 Å². The molecule has 1 amide bonds. The molecule has 8 heteroatoms. The van der Waals surface area contributed by atoms with E-state index in [9.17, 15) is 22.4 Å². The first-order valence-corrected chi connectivity index (χ1v) is 8.57. The average Bonchev–Trinajstić information content (AvgIpc) is 2.63. The van der Waals surface area contributed by atoms with E-state index < -0.39 is 17.6 Å². The van der Waals surface area contributed by atoms with Crippen LogP contribution in [0.15, 0.2) is 42.6 Å². The van der Waals surface area contributed by atoms with Crippen molar-refractivity contribution in [2.45, 2.75) is 44.0 Å². The van der Waals surface area contributed by atoms with Gasteiger partial charge in [-0.05, 0) is 49.9 Å². The lowest BCUT2D eigenvalue weighted by Gasteiger charge is -2.29. The molecular weight excluding hydrogens is 364 g/mol. The minimum absolute atomic E-state index is 0.0545. The van der Waals surface area contributed by atoms with Gasteiger partial charge in [0.05, 0.1) is 5.56 Å². The third-order valence-corrected chi connectivity index (χ3v) is 4.45. The Morgan fingerprint density at radius 3 is 2.44 bits per heavy atom. The molecule has 1 aliphatic carbocycles. The molecule has 144 valence electrons. The summed E-state index contributed by atoms with van der Waals surface area (Å²) in [5, 5.41) is 2.87. The molecule has 4 nitrogen and oxygen atoms in total. The molecular formula is C19H18F4N2O2. The number of nitrogens with zero attached hydrogens (tertiary/aromatic N) is 1. The summed E-state index contributed by atoms with van der Waals surface area (Å²) in [6, 6.07) is 7.57. The fourth-order valence-corrected chi connectivity index (χ4v) is 3.01. The second kappa shape index (κ2) is 7.94. The van der Waals surface area contributed by atoms with Crippen LogP contribution in [0.1, 0.15) is 41.6 Å². The second-order valence-electron chi connectivity index (χ2n) is 6.46. The van der Waals surface area contributed by atoms with Crippen LogP contribution in [0.4, 0.5) is 17.6 Å². The van der Waals surface area contributed by atoms with Crippen molar-refractivity contribution in [2.24, 2.45) is 0 Å². The highest BCUT2D eigenvalue weighted by atomic mass is 19.4. The molecule has 1 fully saturated rings. The summed E-state index contributed by atoms with van der Waals surface area (Å²) < 4.78 is 56.4. The highest BCUT2D eigenvalue weighted by molar-refractivity contribution is 5.94. The van der Waals surface area contributed by atoms with Crippen LogP contribution < -0.4 is 10.1 Å². The van der Waals surface area contributed by atoms with Crippen LogP contribution in [0.5, 0.6) is 5.88 Å². The molecule has 2 aromatic rings. The van der Waals surface area contributed by atoms with E-state index in [1.807, 2.05) is 0 Å². The number of benzene rings is 1. The molecule has 0 saturated heterocycles. The summed E-state index contributed by atoms with van der Waals surface area (Å²) in [4.78, 5) is 15.8. The number of rotatable bonds is 4. The molecule has 1 heterocycles. The first-order valence-electron chi connectivity index (χ1n) is 8.57. The smallest absolute Gasteiger partial charge is 0.417 e. The number of halogens is 4. The van der Waals surface area contributed by atoms with Crippen molar-refractivity contribution in [1.82, 2.24) is 10.3 Å². The normalized spacial score (nSPS) is 20.1. The van der Waals surface area contributed by atoms with E-state index in [1.54, 1.807) is 6.07 Å². The molecule has 1 N–H and O–H groups in total. The van der Waals surface area contributed by atoms with Gasteiger partial charge in [-0.3, -0.25) is 4.79 Å². The summed E-state index contributed by atoms with van der Waals surface area (Å²) in [5.74, 6) is -0.651. The van der Waals surface area contributed by atoms with Crippen LogP contribution in [0, 0.1) is 5.82 Å². The Morgan fingerprint density at radius 2 is 1.85 bits per heavy atom. The Morgan fingerprint density at radius 1 is 1.11 bits per heavy atom. The van der Waals surface area contributed by atoms with E-state index in [0.29, 0.717) is 25.7 Å². The highest BCUT2D eigenvalue weighted by Crippen LogP contribution is 2.30. The molecule has 0 radical (unpaired) electrons. The third kappa shape index (κ3) is 5.18. The van der Waals surface area contributed by atoms with Crippen molar-refractivity contribution in [3.63, 3.8) is 0 Å². The molecule has 27 heavy (non-hydrogen) atoms. The quantitative estimate of drug-likeness (QED) is 0.800. The van der Waals surface area contributed by atoms with Crippen molar-refractivity contribution in [3.05, 3.63) is 59.5 Å². The zero-order valence-corrected chi connectivity index (χ0v) is 14.3. The zero-order valence-electron chi connectivity index (χ0n) is 14.3. The molecule has 0 unspecified atom stereocenters. The number of aromatic nitrogens is 1. The van der Waals surface area contributed by atoms with E-state index in [0.717, 1.165) is 12.3 Å². The topological polar surface area (TPSA) is 51.2 Å². The first-order chi connectivity index (χ1) is 12.8. The maximum absolute atomic E-state index is 13.2. The van der Waals surface area contributed by atoms with Crippen molar-refractivity contribution >= 4 is 5.91 Å². The van der Waals surface area contributed by atoms with Crippen molar-refractivity contribution in [3.8, 4) is 5.88 Å². The predicted octanol–water partition coefficient (Wildman–Crippen LogP) is 4.36. The zero-order chi connectivity index (χ0) is 19.4. The van der Waals surface area contributed by atoms with E-state index >= 15 is 0 Å². The molecule has 1 aromatic heterocycles. The number of nitrogens with one attached hydrogen (secondary N) is 1. The largest absolute Gasteiger partial charge is 0.474 e. The Hall–Kier alpha value is -2.64. The van der Waals surface area contributed by atoms with Gasteiger partial charge in [-0.25, -0.2) is 9.37 Å². The second-order valence-corrected chi connectivity index (χ2v) is 6.46. The maximum atomic E-state index is 13.2. The molecule has 3 rings (SSSR count). The minimum Gasteiger partial charge on any atom is -0.474 e. The number of carbonyl (C=O) groups excluding carboxylic acids is 1. The number of amides is 1. The van der Waals surface area contributed by atoms with Gasteiger partial charge in [0.2, 0.25) is 5.88 Å². The Bertz CT molecular complexity index is 785. The van der Waals surface area contributed by atoms with Gasteiger partial charge in [0.15, 0.2) is 0 Å². The Labute approximate surface area is 153 Å². The fraction of sp³-hybridized carbons (Fsp3) is 0.368. The number of hydrogen-bond donors (Lipinski definition) is 1. The molecule has 0 spiro atoms. The van der Waals surface area contributed by atoms with Crippen LogP contribution in [0.3, 0.4) is 0 Å². The molecule has 0 bridgehead atoms. The highest BCUT2D eigenvalue weighted by Gasteiger charge is 2.31. The minimum atomic E-state index is -4.43. The molecule has 1 aliphatic rings. The van der Waals surface area contributed by atoms with Gasteiger partial charge in [-0.1, -0.05) is 6.07 Å². The number of pyridine rings is 1. The van der Waals surface area contributed by atoms with E-state index in [2.05, 4.69) is 10.3 Å². The Kier molecular flexibility index (Phi) is 5.62. The molecule has 1 aromatic carbocycles. The molecule has 1 saturated carbocycles. The lowest BCUT2D eigenvalue weighted by molar-refractivity contribution is -0.137. The number of carbonyl (C=O) groups is 1. The number of hydrogen-bond acceptors (Lipinski definition) is 3. The van der Waals surface area contributed by atoms with Crippen LogP contribution in [-0.4, -0.2) is 23.0 Å². The van der Waals surface area contributed by atoms with Gasteiger partial charge in [0, 0.05) is 23.9 Å². The van der Waals surface area contributed by atoms with Gasteiger partial charge < -0.3 is 10.1 Å². The van der Waals surface area contributed by atoms with Crippen LogP contribution in [-0.2, 0) is 6.18 Å². The average molecular weight is 382 g/mol. The van der Waals surface area contributed by atoms with Crippen molar-refractivity contribution in [1.29, 1.82) is 0 Å². The standard InChI is InChI=1S/C19H18F4N2O2/c20-14-3-1-2-12(10-14)18(26)25-15-5-7-16(8-6-15)27-17-9-4-13(11-24-17)19(21,22)23/h1-4,9-11,15-16H,5-8H2,(H,25,26). The summed E-state index contributed by atoms with van der Waals surface area (Å²) in [6.45, 7) is 0. The first kappa shape index (κ1) is 19.1. The van der Waals surface area contributed by atoms with E-state index in [1.165, 1.54) is 24.3 Å². The monoisotopic (exact) mass is 382 g/mol. The van der Waals surface area contributed by atoms with E-state index in [4.69, 9.17) is 4.74 Å². The van der Waals surface area contributed by atoms with Crippen molar-refractivity contribution in [2.75, 3.05) is 0 Å². The molecule has 0 atom stereocenters. The van der Waals surface area contributed by atoms with Gasteiger partial charge in [0.1, 0.15) is 11.9 Å². The lowest BCUT2D eigenvalue weighted by atomic mass is 9.92. The van der Waals surface area contributed by atoms with Crippen LogP contribution in [0.2, 0.25) is 0 Å². The third-order valence-electron chi connectivity index (χ3n) is 4.45. The maximum Gasteiger partial charge on any atom is 0.417 e. The van der Waals surface area contributed by atoms with Gasteiger partial charge in [0.25, 0.3) is 5.91 Å². The summed E-state index contributed by atoms with van der Waals surface area (Å²) in [5.41, 5.74) is -0.555. The summed E-state index contributed by atoms with van der Waals surface area (Å²) in [7, 11) is 0.